The van der Waals surface area contributed by atoms with Crippen molar-refractivity contribution >= 4 is 62.8 Å². The van der Waals surface area contributed by atoms with Crippen molar-refractivity contribution < 1.29 is 19.0 Å². The van der Waals surface area contributed by atoms with Crippen LogP contribution in [0.25, 0.3) is 22.0 Å². The topological polar surface area (TPSA) is 97.8 Å². The van der Waals surface area contributed by atoms with Gasteiger partial charge in [0.2, 0.25) is 5.91 Å². The number of morpholine rings is 1. The molecule has 1 saturated heterocycles. The maximum absolute atomic E-state index is 12.2. The number of benzene rings is 2. The minimum Gasteiger partial charge on any atom is -0.495 e. The zero-order valence-electron chi connectivity index (χ0n) is 22.0. The molecule has 2 aromatic carbocycles. The first-order valence-electron chi connectivity index (χ1n) is 12.4. The molecule has 9 nitrogen and oxygen atoms in total. The summed E-state index contributed by atoms with van der Waals surface area (Å²) in [6.07, 6.45) is 4.68. The van der Waals surface area contributed by atoms with E-state index in [2.05, 4.69) is 32.1 Å². The Bertz CT molecular complexity index is 1560. The van der Waals surface area contributed by atoms with E-state index in [1.807, 2.05) is 30.3 Å². The molecule has 11 heteroatoms. The van der Waals surface area contributed by atoms with E-state index in [1.165, 1.54) is 20.3 Å². The predicted molar refractivity (Wildman–Crippen MR) is 160 cm³/mol. The van der Waals surface area contributed by atoms with E-state index in [4.69, 9.17) is 37.4 Å². The third-order valence-electron chi connectivity index (χ3n) is 6.52. The van der Waals surface area contributed by atoms with Crippen LogP contribution in [0.1, 0.15) is 0 Å². The lowest BCUT2D eigenvalue weighted by Gasteiger charge is -2.29. The molecule has 2 aromatic heterocycles. The summed E-state index contributed by atoms with van der Waals surface area (Å²) in [6.45, 7) is 6.45. The monoisotopic (exact) mass is 579 g/mol. The second-order valence-corrected chi connectivity index (χ2v) is 9.67. The zero-order valence-corrected chi connectivity index (χ0v) is 23.5. The van der Waals surface area contributed by atoms with Crippen LogP contribution < -0.4 is 25.0 Å². The zero-order chi connectivity index (χ0) is 28.2. The van der Waals surface area contributed by atoms with Gasteiger partial charge in [-0.15, -0.1) is 0 Å². The van der Waals surface area contributed by atoms with E-state index in [-0.39, 0.29) is 5.91 Å². The molecular weight excluding hydrogens is 553 g/mol. The molecule has 2 N–H and O–H groups in total. The van der Waals surface area contributed by atoms with Crippen molar-refractivity contribution in [1.82, 2.24) is 9.97 Å². The lowest BCUT2D eigenvalue weighted by molar-refractivity contribution is -0.111. The largest absolute Gasteiger partial charge is 0.495 e. The predicted octanol–water partition coefficient (Wildman–Crippen LogP) is 6.33. The lowest BCUT2D eigenvalue weighted by atomic mass is 10.1. The van der Waals surface area contributed by atoms with Gasteiger partial charge in [-0.05, 0) is 36.4 Å². The average molecular weight is 580 g/mol. The fourth-order valence-electron chi connectivity index (χ4n) is 4.44. The number of fused-ring (bicyclic) bond motifs is 1. The van der Waals surface area contributed by atoms with Crippen molar-refractivity contribution in [2.45, 2.75) is 0 Å². The summed E-state index contributed by atoms with van der Waals surface area (Å²) in [5.74, 6) is 1.12. The van der Waals surface area contributed by atoms with Gasteiger partial charge in [0.15, 0.2) is 0 Å². The molecule has 5 rings (SSSR count). The summed E-state index contributed by atoms with van der Waals surface area (Å²) in [5, 5.41) is 8.53. The molecule has 1 aliphatic rings. The number of ether oxygens (including phenoxy) is 3. The molecule has 0 radical (unpaired) electrons. The normalized spacial score (nSPS) is 13.2. The second kappa shape index (κ2) is 12.0. The summed E-state index contributed by atoms with van der Waals surface area (Å²) < 4.78 is 16.2. The van der Waals surface area contributed by atoms with Crippen molar-refractivity contribution in [3.05, 3.63) is 71.5 Å². The Kier molecular flexibility index (Phi) is 8.25. The van der Waals surface area contributed by atoms with Gasteiger partial charge in [0, 0.05) is 53.6 Å². The van der Waals surface area contributed by atoms with Gasteiger partial charge in [-0.3, -0.25) is 9.78 Å². The quantitative estimate of drug-likeness (QED) is 0.234. The van der Waals surface area contributed by atoms with Gasteiger partial charge in [0.05, 0.1) is 54.5 Å². The van der Waals surface area contributed by atoms with Crippen LogP contribution in [0, 0.1) is 0 Å². The van der Waals surface area contributed by atoms with Crippen LogP contribution >= 0.6 is 23.2 Å². The van der Waals surface area contributed by atoms with E-state index in [0.29, 0.717) is 63.2 Å². The van der Waals surface area contributed by atoms with Crippen molar-refractivity contribution in [3.63, 3.8) is 0 Å². The Morgan fingerprint density at radius 1 is 0.975 bits per heavy atom. The molecule has 0 bridgehead atoms. The summed E-state index contributed by atoms with van der Waals surface area (Å²) in [7, 11) is 3.05. The lowest BCUT2D eigenvalue weighted by Crippen LogP contribution is -2.36. The smallest absolute Gasteiger partial charge is 0.247 e. The highest BCUT2D eigenvalue weighted by molar-refractivity contribution is 6.41. The SMILES string of the molecule is C=CC(=O)Nc1cc(N2CCOCC2)ccc1Nc1cc2cnc(-c3c(Cl)c(OC)cc(OC)c3Cl)cc2cn1. The molecule has 0 atom stereocenters. The van der Waals surface area contributed by atoms with Crippen molar-refractivity contribution in [2.75, 3.05) is 56.1 Å². The number of rotatable bonds is 8. The summed E-state index contributed by atoms with van der Waals surface area (Å²) >= 11 is 13.2. The number of hydrogen-bond donors (Lipinski definition) is 2. The van der Waals surface area contributed by atoms with Gasteiger partial charge >= 0.3 is 0 Å². The van der Waals surface area contributed by atoms with Crippen molar-refractivity contribution in [1.29, 1.82) is 0 Å². The molecule has 1 fully saturated rings. The number of nitrogens with one attached hydrogen (secondary N) is 2. The van der Waals surface area contributed by atoms with E-state index in [0.717, 1.165) is 29.5 Å². The van der Waals surface area contributed by atoms with Gasteiger partial charge in [-0.2, -0.15) is 0 Å². The van der Waals surface area contributed by atoms with E-state index < -0.39 is 0 Å². The van der Waals surface area contributed by atoms with Gasteiger partial charge < -0.3 is 29.7 Å². The van der Waals surface area contributed by atoms with Crippen LogP contribution in [0.2, 0.25) is 10.0 Å². The highest BCUT2D eigenvalue weighted by Gasteiger charge is 2.20. The third kappa shape index (κ3) is 5.62. The summed E-state index contributed by atoms with van der Waals surface area (Å²) in [5.41, 5.74) is 3.34. The number of hydrogen-bond acceptors (Lipinski definition) is 8. The number of halogens is 2. The number of anilines is 4. The Balaban J connectivity index is 1.47. The van der Waals surface area contributed by atoms with Crippen LogP contribution in [0.15, 0.2) is 61.4 Å². The number of pyridine rings is 2. The molecule has 1 amide bonds. The fraction of sp³-hybridized carbons (Fsp3) is 0.207. The number of methoxy groups -OCH3 is 2. The Morgan fingerprint density at radius 3 is 2.33 bits per heavy atom. The molecule has 1 aliphatic heterocycles. The highest BCUT2D eigenvalue weighted by atomic mass is 35.5. The van der Waals surface area contributed by atoms with Crippen LogP contribution in [0.3, 0.4) is 0 Å². The fourth-order valence-corrected chi connectivity index (χ4v) is 5.13. The standard InChI is InChI=1S/C29H27Cl2N5O4/c1-4-26(37)35-21-13-19(36-7-9-40-10-8-36)5-6-20(21)34-25-12-18-15-32-22(11-17(18)16-33-25)27-28(30)23(38-2)14-24(39-3)29(27)31/h4-6,11-16H,1,7-10H2,2-3H3,(H,33,34)(H,35,37). The van der Waals surface area contributed by atoms with Crippen LogP contribution in [0.5, 0.6) is 11.5 Å². The average Bonchev–Trinajstić information content (AvgIpc) is 2.98. The van der Waals surface area contributed by atoms with Crippen molar-refractivity contribution in [3.8, 4) is 22.8 Å². The number of nitrogens with zero attached hydrogens (tertiary/aromatic N) is 3. The summed E-state index contributed by atoms with van der Waals surface area (Å²) in [6, 6.07) is 11.2. The number of amides is 1. The maximum Gasteiger partial charge on any atom is 0.247 e. The Labute approximate surface area is 241 Å². The van der Waals surface area contributed by atoms with Gasteiger partial charge in [0.1, 0.15) is 17.3 Å². The molecule has 40 heavy (non-hydrogen) atoms. The molecule has 4 aromatic rings. The van der Waals surface area contributed by atoms with Gasteiger partial charge in [-0.25, -0.2) is 4.98 Å². The number of carbonyl (C=O) groups is 1. The molecule has 0 saturated carbocycles. The van der Waals surface area contributed by atoms with E-state index >= 15 is 0 Å². The van der Waals surface area contributed by atoms with E-state index in [1.54, 1.807) is 18.5 Å². The van der Waals surface area contributed by atoms with Crippen LogP contribution in [0.4, 0.5) is 22.9 Å². The van der Waals surface area contributed by atoms with Crippen LogP contribution in [-0.2, 0) is 9.53 Å². The first-order chi connectivity index (χ1) is 19.4. The molecule has 0 spiro atoms. The van der Waals surface area contributed by atoms with Crippen molar-refractivity contribution in [2.24, 2.45) is 0 Å². The number of carbonyl (C=O) groups excluding carboxylic acids is 1. The van der Waals surface area contributed by atoms with Crippen LogP contribution in [-0.4, -0.2) is 56.4 Å². The molecule has 3 heterocycles. The minimum atomic E-state index is -0.308. The van der Waals surface area contributed by atoms with Gasteiger partial charge in [-0.1, -0.05) is 29.8 Å². The third-order valence-corrected chi connectivity index (χ3v) is 7.27. The number of aromatic nitrogens is 2. The summed E-state index contributed by atoms with van der Waals surface area (Å²) in [4.78, 5) is 23.6. The highest BCUT2D eigenvalue weighted by Crippen LogP contribution is 2.45. The molecule has 0 unspecified atom stereocenters. The second-order valence-electron chi connectivity index (χ2n) is 8.92. The molecule has 206 valence electrons. The maximum atomic E-state index is 12.2. The van der Waals surface area contributed by atoms with Gasteiger partial charge in [0.25, 0.3) is 0 Å². The molecular formula is C29H27Cl2N5O4. The first-order valence-corrected chi connectivity index (χ1v) is 13.2. The van der Waals surface area contributed by atoms with E-state index in [9.17, 15) is 4.79 Å². The first kappa shape index (κ1) is 27.5. The molecule has 0 aliphatic carbocycles. The minimum absolute atomic E-state index is 0.308. The Morgan fingerprint density at radius 2 is 1.65 bits per heavy atom. The Hall–Kier alpha value is -4.05.